The summed E-state index contributed by atoms with van der Waals surface area (Å²) in [5.74, 6) is -0.341. The fraction of sp³-hybridized carbons (Fsp3) is 0.467. The summed E-state index contributed by atoms with van der Waals surface area (Å²) < 4.78 is 0. The molecule has 2 N–H and O–H groups in total. The maximum atomic E-state index is 12.1. The van der Waals surface area contributed by atoms with Crippen molar-refractivity contribution >= 4 is 23.6 Å². The summed E-state index contributed by atoms with van der Waals surface area (Å²) in [6.07, 6.45) is -0.624. The first kappa shape index (κ1) is 15.9. The Bertz CT molecular complexity index is 534. The quantitative estimate of drug-likeness (QED) is 0.856. The molecule has 1 aromatic rings. The fourth-order valence-corrected chi connectivity index (χ4v) is 3.32. The van der Waals surface area contributed by atoms with E-state index >= 15 is 0 Å². The van der Waals surface area contributed by atoms with Gasteiger partial charge in [-0.25, -0.2) is 4.79 Å². The van der Waals surface area contributed by atoms with Crippen molar-refractivity contribution in [1.82, 2.24) is 4.90 Å². The predicted molar refractivity (Wildman–Crippen MR) is 81.1 cm³/mol. The molecule has 1 unspecified atom stereocenters. The molecule has 1 saturated heterocycles. The van der Waals surface area contributed by atoms with E-state index in [0.29, 0.717) is 5.75 Å². The molecule has 1 fully saturated rings. The lowest BCUT2D eigenvalue weighted by molar-refractivity contribution is -0.147. The Morgan fingerprint density at radius 3 is 2.86 bits per heavy atom. The van der Waals surface area contributed by atoms with E-state index in [2.05, 4.69) is 6.07 Å². The molecule has 1 aliphatic heterocycles. The van der Waals surface area contributed by atoms with Crippen LogP contribution in [-0.4, -0.2) is 51.4 Å². The second-order valence-corrected chi connectivity index (χ2v) is 6.26. The lowest BCUT2D eigenvalue weighted by atomic mass is 10.2. The first-order valence-electron chi connectivity index (χ1n) is 6.81. The second-order valence-electron chi connectivity index (χ2n) is 5.27. The molecule has 0 bridgehead atoms. The number of amides is 1. The number of carbonyl (C=O) groups excluding carboxylic acids is 1. The van der Waals surface area contributed by atoms with E-state index in [0.717, 1.165) is 5.56 Å². The number of aryl methyl sites for hydroxylation is 1. The molecule has 1 aromatic carbocycles. The van der Waals surface area contributed by atoms with Crippen molar-refractivity contribution in [3.8, 4) is 0 Å². The Kier molecular flexibility index (Phi) is 5.25. The van der Waals surface area contributed by atoms with Crippen LogP contribution in [0.15, 0.2) is 24.3 Å². The van der Waals surface area contributed by atoms with E-state index in [1.54, 1.807) is 0 Å². The number of nitrogens with zero attached hydrogens (tertiary/aromatic N) is 1. The van der Waals surface area contributed by atoms with Crippen molar-refractivity contribution < 1.29 is 19.8 Å². The minimum atomic E-state index is -1.05. The van der Waals surface area contributed by atoms with Crippen molar-refractivity contribution in [2.75, 3.05) is 12.3 Å². The molecule has 1 aliphatic rings. The summed E-state index contributed by atoms with van der Waals surface area (Å²) in [4.78, 5) is 24.5. The molecule has 1 heterocycles. The Morgan fingerprint density at radius 2 is 2.19 bits per heavy atom. The number of rotatable bonds is 5. The van der Waals surface area contributed by atoms with Gasteiger partial charge in [0.05, 0.1) is 11.9 Å². The average molecular weight is 309 g/mol. The van der Waals surface area contributed by atoms with Gasteiger partial charge in [0.15, 0.2) is 0 Å². The summed E-state index contributed by atoms with van der Waals surface area (Å²) in [6.45, 7) is 2.13. The van der Waals surface area contributed by atoms with Crippen LogP contribution in [0, 0.1) is 6.92 Å². The van der Waals surface area contributed by atoms with E-state index < -0.39 is 18.1 Å². The first-order valence-corrected chi connectivity index (χ1v) is 7.96. The number of aliphatic hydroxyl groups is 1. The van der Waals surface area contributed by atoms with Crippen molar-refractivity contribution in [3.05, 3.63) is 35.4 Å². The summed E-state index contributed by atoms with van der Waals surface area (Å²) in [6, 6.07) is 7.17. The van der Waals surface area contributed by atoms with E-state index in [4.69, 9.17) is 5.11 Å². The zero-order valence-corrected chi connectivity index (χ0v) is 12.7. The number of thioether (sulfide) groups is 1. The van der Waals surface area contributed by atoms with Gasteiger partial charge in [0.25, 0.3) is 0 Å². The third kappa shape index (κ3) is 4.22. The third-order valence-corrected chi connectivity index (χ3v) is 4.45. The zero-order chi connectivity index (χ0) is 15.4. The van der Waals surface area contributed by atoms with Gasteiger partial charge >= 0.3 is 5.97 Å². The van der Waals surface area contributed by atoms with Crippen LogP contribution in [0.4, 0.5) is 0 Å². The lowest BCUT2D eigenvalue weighted by Gasteiger charge is -2.20. The highest BCUT2D eigenvalue weighted by Crippen LogP contribution is 2.21. The minimum Gasteiger partial charge on any atom is -0.480 e. The van der Waals surface area contributed by atoms with Crippen molar-refractivity contribution in [2.24, 2.45) is 0 Å². The van der Waals surface area contributed by atoms with Crippen LogP contribution in [0.3, 0.4) is 0 Å². The fourth-order valence-electron chi connectivity index (χ4n) is 2.46. The highest BCUT2D eigenvalue weighted by molar-refractivity contribution is 7.99. The van der Waals surface area contributed by atoms with Crippen molar-refractivity contribution in [2.45, 2.75) is 31.2 Å². The molecule has 0 aliphatic carbocycles. The van der Waals surface area contributed by atoms with Crippen LogP contribution in [-0.2, 0) is 15.3 Å². The number of β-amino-alcohol motifs (C(OH)–C–C–N with tert-alkyl or cyclic N) is 1. The Morgan fingerprint density at radius 1 is 1.43 bits per heavy atom. The van der Waals surface area contributed by atoms with Gasteiger partial charge in [-0.05, 0) is 12.5 Å². The number of aliphatic carboxylic acids is 1. The van der Waals surface area contributed by atoms with Gasteiger partial charge in [-0.2, -0.15) is 0 Å². The summed E-state index contributed by atoms with van der Waals surface area (Å²) in [5.41, 5.74) is 2.32. The van der Waals surface area contributed by atoms with Gasteiger partial charge in [0, 0.05) is 18.7 Å². The molecule has 0 aromatic heterocycles. The largest absolute Gasteiger partial charge is 0.480 e. The molecule has 114 valence electrons. The van der Waals surface area contributed by atoms with Gasteiger partial charge in [0.2, 0.25) is 5.91 Å². The predicted octanol–water partition coefficient (Wildman–Crippen LogP) is 1.27. The first-order chi connectivity index (χ1) is 9.97. The summed E-state index contributed by atoms with van der Waals surface area (Å²) in [5, 5.41) is 18.6. The number of carboxylic acid groups (broad SMARTS) is 1. The van der Waals surface area contributed by atoms with E-state index in [1.807, 2.05) is 25.1 Å². The Hall–Kier alpha value is -1.53. The molecule has 0 saturated carbocycles. The summed E-state index contributed by atoms with van der Waals surface area (Å²) >= 11 is 1.46. The SMILES string of the molecule is Cc1cccc(CSCC(=O)N2CC(O)C[C@H]2C(=O)O)c1. The average Bonchev–Trinajstić information content (AvgIpc) is 2.81. The number of carboxylic acids is 1. The van der Waals surface area contributed by atoms with Crippen LogP contribution in [0.5, 0.6) is 0 Å². The monoisotopic (exact) mass is 309 g/mol. The number of hydrogen-bond donors (Lipinski definition) is 2. The zero-order valence-electron chi connectivity index (χ0n) is 11.9. The number of aliphatic hydroxyl groups excluding tert-OH is 1. The molecule has 1 amide bonds. The Labute approximate surface area is 128 Å². The number of hydrogen-bond acceptors (Lipinski definition) is 4. The molecular formula is C15H19NO4S. The lowest BCUT2D eigenvalue weighted by Crippen LogP contribution is -2.41. The van der Waals surface area contributed by atoms with Crippen LogP contribution in [0.25, 0.3) is 0 Å². The van der Waals surface area contributed by atoms with Gasteiger partial charge in [-0.1, -0.05) is 29.8 Å². The topological polar surface area (TPSA) is 77.8 Å². The van der Waals surface area contributed by atoms with E-state index in [-0.39, 0.29) is 24.6 Å². The molecule has 0 spiro atoms. The molecule has 5 nitrogen and oxygen atoms in total. The van der Waals surface area contributed by atoms with Crippen molar-refractivity contribution in [1.29, 1.82) is 0 Å². The standard InChI is InChI=1S/C15H19NO4S/c1-10-3-2-4-11(5-10)8-21-9-14(18)16-7-12(17)6-13(16)15(19)20/h2-5,12-13,17H,6-9H2,1H3,(H,19,20)/t12?,13-/m0/s1. The smallest absolute Gasteiger partial charge is 0.326 e. The van der Waals surface area contributed by atoms with Gasteiger partial charge in [-0.15, -0.1) is 11.8 Å². The number of benzene rings is 1. The van der Waals surface area contributed by atoms with Crippen LogP contribution >= 0.6 is 11.8 Å². The number of carbonyl (C=O) groups is 2. The number of likely N-dealkylation sites (tertiary alicyclic amines) is 1. The highest BCUT2D eigenvalue weighted by atomic mass is 32.2. The maximum absolute atomic E-state index is 12.1. The van der Waals surface area contributed by atoms with Gasteiger partial charge in [-0.3, -0.25) is 4.79 Å². The minimum absolute atomic E-state index is 0.112. The van der Waals surface area contributed by atoms with Gasteiger partial charge in [0.1, 0.15) is 6.04 Å². The summed E-state index contributed by atoms with van der Waals surface area (Å²) in [7, 11) is 0. The third-order valence-electron chi connectivity index (χ3n) is 3.46. The molecule has 2 rings (SSSR count). The van der Waals surface area contributed by atoms with Gasteiger partial charge < -0.3 is 15.1 Å². The molecular weight excluding hydrogens is 290 g/mol. The molecule has 0 radical (unpaired) electrons. The molecule has 21 heavy (non-hydrogen) atoms. The second kappa shape index (κ2) is 6.95. The maximum Gasteiger partial charge on any atom is 0.326 e. The molecule has 2 atom stereocenters. The highest BCUT2D eigenvalue weighted by Gasteiger charge is 2.38. The van der Waals surface area contributed by atoms with E-state index in [9.17, 15) is 14.7 Å². The van der Waals surface area contributed by atoms with Crippen LogP contribution in [0.1, 0.15) is 17.5 Å². The van der Waals surface area contributed by atoms with E-state index in [1.165, 1.54) is 22.2 Å². The molecule has 6 heteroatoms. The Balaban J connectivity index is 1.85. The van der Waals surface area contributed by atoms with Crippen molar-refractivity contribution in [3.63, 3.8) is 0 Å². The van der Waals surface area contributed by atoms with Crippen LogP contribution < -0.4 is 0 Å². The normalized spacial score (nSPS) is 21.5. The van der Waals surface area contributed by atoms with Crippen LogP contribution in [0.2, 0.25) is 0 Å².